The fraction of sp³-hybridized carbons (Fsp3) is 0.0769. The average Bonchev–Trinajstić information content (AvgIpc) is 2.34. The molecule has 0 nitrogen and oxygen atoms in total. The van der Waals surface area contributed by atoms with Gasteiger partial charge in [-0.1, -0.05) is 40.9 Å². The molecule has 94 valence electrons. The van der Waals surface area contributed by atoms with Crippen LogP contribution in [0.15, 0.2) is 30.3 Å². The Labute approximate surface area is 124 Å². The molecular formula is C13H7Cl4F. The molecule has 0 spiro atoms. The zero-order valence-corrected chi connectivity index (χ0v) is 12.0. The van der Waals surface area contributed by atoms with Gasteiger partial charge in [0.15, 0.2) is 0 Å². The predicted molar refractivity (Wildman–Crippen MR) is 76.4 cm³/mol. The molecule has 0 unspecified atom stereocenters. The predicted octanol–water partition coefficient (Wildman–Crippen LogP) is 6.19. The van der Waals surface area contributed by atoms with Crippen LogP contribution in [-0.4, -0.2) is 0 Å². The molecule has 0 aliphatic rings. The Kier molecular flexibility index (Phi) is 4.39. The molecule has 0 aliphatic heterocycles. The molecule has 0 saturated carbocycles. The maximum Gasteiger partial charge on any atom is 0.131 e. The van der Waals surface area contributed by atoms with Crippen molar-refractivity contribution in [2.75, 3.05) is 0 Å². The summed E-state index contributed by atoms with van der Waals surface area (Å²) in [6.45, 7) is 0. The summed E-state index contributed by atoms with van der Waals surface area (Å²) in [6, 6.07) is 7.69. The zero-order valence-electron chi connectivity index (χ0n) is 8.98. The van der Waals surface area contributed by atoms with Gasteiger partial charge in [0, 0.05) is 22.0 Å². The Hall–Kier alpha value is -0.470. The smallest absolute Gasteiger partial charge is 0.131 e. The first-order chi connectivity index (χ1) is 8.52. The van der Waals surface area contributed by atoms with Gasteiger partial charge in [0.1, 0.15) is 5.82 Å². The first-order valence-electron chi connectivity index (χ1n) is 5.02. The molecule has 2 aromatic carbocycles. The maximum atomic E-state index is 13.8. The molecule has 0 saturated heterocycles. The third-order valence-electron chi connectivity index (χ3n) is 2.47. The molecule has 0 fully saturated rings. The number of hydrogen-bond donors (Lipinski definition) is 0. The molecular weight excluding hydrogens is 317 g/mol. The van der Waals surface area contributed by atoms with Crippen LogP contribution in [0.3, 0.4) is 0 Å². The van der Waals surface area contributed by atoms with Gasteiger partial charge < -0.3 is 0 Å². The number of hydrogen-bond acceptors (Lipinski definition) is 0. The second kappa shape index (κ2) is 5.66. The highest BCUT2D eigenvalue weighted by Crippen LogP contribution is 2.37. The second-order valence-corrected chi connectivity index (χ2v) is 5.19. The van der Waals surface area contributed by atoms with Crippen LogP contribution in [0.5, 0.6) is 0 Å². The number of halogens is 5. The van der Waals surface area contributed by atoms with E-state index in [-0.39, 0.29) is 10.0 Å². The van der Waals surface area contributed by atoms with E-state index in [9.17, 15) is 4.39 Å². The first-order valence-corrected chi connectivity index (χ1v) is 6.69. The molecule has 0 N–H and O–H groups in total. The van der Waals surface area contributed by atoms with Gasteiger partial charge in [-0.2, -0.15) is 0 Å². The van der Waals surface area contributed by atoms with Crippen molar-refractivity contribution in [2.24, 2.45) is 0 Å². The Balaban J connectivity index is 2.68. The van der Waals surface area contributed by atoms with E-state index >= 15 is 0 Å². The van der Waals surface area contributed by atoms with Crippen molar-refractivity contribution >= 4 is 46.4 Å². The van der Waals surface area contributed by atoms with Gasteiger partial charge in [0.2, 0.25) is 0 Å². The molecule has 0 atom stereocenters. The van der Waals surface area contributed by atoms with E-state index in [4.69, 9.17) is 46.4 Å². The van der Waals surface area contributed by atoms with Gasteiger partial charge in [-0.25, -0.2) is 4.39 Å². The fourth-order valence-corrected chi connectivity index (χ4v) is 2.48. The zero-order chi connectivity index (χ0) is 13.3. The lowest BCUT2D eigenvalue weighted by Gasteiger charge is -2.09. The standard InChI is InChI=1S/C13H7Cl4F/c14-6-7-1-2-12(18)9(3-7)10-4-8(15)5-11(16)13(10)17/h1-5H,6H2. The van der Waals surface area contributed by atoms with Gasteiger partial charge >= 0.3 is 0 Å². The summed E-state index contributed by atoms with van der Waals surface area (Å²) < 4.78 is 13.8. The molecule has 0 aliphatic carbocycles. The average molecular weight is 324 g/mol. The molecule has 0 heterocycles. The second-order valence-electron chi connectivity index (χ2n) is 3.70. The van der Waals surface area contributed by atoms with Crippen molar-refractivity contribution in [2.45, 2.75) is 5.88 Å². The molecule has 18 heavy (non-hydrogen) atoms. The highest BCUT2D eigenvalue weighted by Gasteiger charge is 2.13. The largest absolute Gasteiger partial charge is 0.206 e. The van der Waals surface area contributed by atoms with Gasteiger partial charge in [-0.05, 0) is 29.8 Å². The number of alkyl halides is 1. The van der Waals surface area contributed by atoms with Crippen LogP contribution in [0.4, 0.5) is 4.39 Å². The lowest BCUT2D eigenvalue weighted by molar-refractivity contribution is 0.631. The van der Waals surface area contributed by atoms with Crippen LogP contribution >= 0.6 is 46.4 Å². The van der Waals surface area contributed by atoms with E-state index in [0.717, 1.165) is 5.56 Å². The van der Waals surface area contributed by atoms with Crippen LogP contribution in [0.25, 0.3) is 11.1 Å². The summed E-state index contributed by atoms with van der Waals surface area (Å²) in [5, 5.41) is 0.955. The van der Waals surface area contributed by atoms with Crippen molar-refractivity contribution in [1.29, 1.82) is 0 Å². The van der Waals surface area contributed by atoms with E-state index in [1.54, 1.807) is 18.2 Å². The van der Waals surface area contributed by atoms with E-state index < -0.39 is 5.82 Å². The van der Waals surface area contributed by atoms with Crippen LogP contribution in [0.2, 0.25) is 15.1 Å². The van der Waals surface area contributed by atoms with E-state index in [2.05, 4.69) is 0 Å². The van der Waals surface area contributed by atoms with Crippen LogP contribution in [0, 0.1) is 5.82 Å². The van der Waals surface area contributed by atoms with E-state index in [1.165, 1.54) is 12.1 Å². The van der Waals surface area contributed by atoms with Gasteiger partial charge in [-0.3, -0.25) is 0 Å². The topological polar surface area (TPSA) is 0 Å². The summed E-state index contributed by atoms with van der Waals surface area (Å²) in [5.41, 5.74) is 1.58. The molecule has 0 bridgehead atoms. The lowest BCUT2D eigenvalue weighted by Crippen LogP contribution is -1.89. The van der Waals surface area contributed by atoms with Crippen LogP contribution < -0.4 is 0 Å². The molecule has 0 radical (unpaired) electrons. The van der Waals surface area contributed by atoms with Crippen molar-refractivity contribution in [3.8, 4) is 11.1 Å². The minimum atomic E-state index is -0.399. The van der Waals surface area contributed by atoms with Crippen molar-refractivity contribution in [1.82, 2.24) is 0 Å². The van der Waals surface area contributed by atoms with Crippen molar-refractivity contribution < 1.29 is 4.39 Å². The lowest BCUT2D eigenvalue weighted by atomic mass is 10.0. The Morgan fingerprint density at radius 1 is 0.944 bits per heavy atom. The normalized spacial score (nSPS) is 10.7. The van der Waals surface area contributed by atoms with Crippen molar-refractivity contribution in [3.05, 3.63) is 56.8 Å². The molecule has 0 aromatic heterocycles. The summed E-state index contributed by atoms with van der Waals surface area (Å²) in [4.78, 5) is 0. The molecule has 2 rings (SSSR count). The van der Waals surface area contributed by atoms with Gasteiger partial charge in [-0.15, -0.1) is 11.6 Å². The Bertz CT molecular complexity index is 596. The third-order valence-corrected chi connectivity index (χ3v) is 3.80. The summed E-state index contributed by atoms with van der Waals surface area (Å²) in [5.74, 6) is -0.108. The first kappa shape index (κ1) is 14.0. The summed E-state index contributed by atoms with van der Waals surface area (Å²) in [7, 11) is 0. The maximum absolute atomic E-state index is 13.8. The SMILES string of the molecule is Fc1ccc(CCl)cc1-c1cc(Cl)cc(Cl)c1Cl. The Morgan fingerprint density at radius 2 is 1.67 bits per heavy atom. The van der Waals surface area contributed by atoms with Gasteiger partial charge in [0.05, 0.1) is 10.0 Å². The molecule has 2 aromatic rings. The van der Waals surface area contributed by atoms with E-state index in [0.29, 0.717) is 22.0 Å². The quantitative estimate of drug-likeness (QED) is 0.456. The summed E-state index contributed by atoms with van der Waals surface area (Å²) >= 11 is 23.6. The van der Waals surface area contributed by atoms with E-state index in [1.807, 2.05) is 0 Å². The molecule has 5 heteroatoms. The highest BCUT2D eigenvalue weighted by molar-refractivity contribution is 6.45. The summed E-state index contributed by atoms with van der Waals surface area (Å²) in [6.07, 6.45) is 0. The number of benzene rings is 2. The monoisotopic (exact) mass is 322 g/mol. The van der Waals surface area contributed by atoms with Crippen LogP contribution in [-0.2, 0) is 5.88 Å². The molecule has 0 amide bonds. The highest BCUT2D eigenvalue weighted by atomic mass is 35.5. The van der Waals surface area contributed by atoms with Gasteiger partial charge in [0.25, 0.3) is 0 Å². The van der Waals surface area contributed by atoms with Crippen molar-refractivity contribution in [3.63, 3.8) is 0 Å². The Morgan fingerprint density at radius 3 is 2.33 bits per heavy atom. The minimum absolute atomic E-state index is 0.270. The number of rotatable bonds is 2. The fourth-order valence-electron chi connectivity index (χ4n) is 1.61. The van der Waals surface area contributed by atoms with Crippen LogP contribution in [0.1, 0.15) is 5.56 Å². The third kappa shape index (κ3) is 2.75. The minimum Gasteiger partial charge on any atom is -0.206 e.